The van der Waals surface area contributed by atoms with Crippen molar-refractivity contribution in [1.82, 2.24) is 9.13 Å². The third-order valence-electron chi connectivity index (χ3n) is 3.03. The zero-order valence-electron chi connectivity index (χ0n) is 12.5. The fourth-order valence-corrected chi connectivity index (χ4v) is 2.09. The van der Waals surface area contributed by atoms with Gasteiger partial charge < -0.3 is 0 Å². The molecule has 2 rings (SSSR count). The maximum absolute atomic E-state index is 2.21. The van der Waals surface area contributed by atoms with Crippen molar-refractivity contribution in [1.29, 1.82) is 0 Å². The molecule has 0 aliphatic heterocycles. The van der Waals surface area contributed by atoms with E-state index in [0.717, 1.165) is 13.0 Å². The molecule has 0 spiro atoms. The zero-order chi connectivity index (χ0) is 13.7. The summed E-state index contributed by atoms with van der Waals surface area (Å²) in [5.41, 5.74) is 2.69. The van der Waals surface area contributed by atoms with Crippen molar-refractivity contribution in [3.05, 3.63) is 36.4 Å². The van der Waals surface area contributed by atoms with Gasteiger partial charge in [0.2, 0.25) is 12.7 Å². The van der Waals surface area contributed by atoms with Gasteiger partial charge in [-0.1, -0.05) is 6.92 Å². The van der Waals surface area contributed by atoms with Crippen molar-refractivity contribution in [2.75, 3.05) is 0 Å². The summed E-state index contributed by atoms with van der Waals surface area (Å²) in [6, 6.07) is 0. The molecule has 0 aliphatic carbocycles. The molecule has 4 nitrogen and oxygen atoms in total. The molecule has 2 aromatic heterocycles. The molecule has 2 heterocycles. The predicted molar refractivity (Wildman–Crippen MR) is 72.0 cm³/mol. The highest BCUT2D eigenvalue weighted by molar-refractivity contribution is 4.91. The second-order valence-electron chi connectivity index (χ2n) is 4.70. The Balaban J connectivity index is 0.000000180. The minimum Gasteiger partial charge on any atom is -0.239 e. The van der Waals surface area contributed by atoms with Gasteiger partial charge in [-0.2, -0.15) is 0 Å². The third-order valence-corrected chi connectivity index (χ3v) is 3.03. The first-order chi connectivity index (χ1) is 8.47. The van der Waals surface area contributed by atoms with Crippen LogP contribution in [0.1, 0.15) is 25.2 Å². The minimum absolute atomic E-state index is 1.06. The monoisotopic (exact) mass is 250 g/mol. The second kappa shape index (κ2) is 6.38. The lowest BCUT2D eigenvalue weighted by molar-refractivity contribution is -0.671. The highest BCUT2D eigenvalue weighted by Gasteiger charge is 2.03. The van der Waals surface area contributed by atoms with E-state index >= 15 is 0 Å². The maximum atomic E-state index is 2.21. The summed E-state index contributed by atoms with van der Waals surface area (Å²) in [4.78, 5) is 0. The standard InChI is InChI=1S/2C7H13N2/c1-4-7-5-8(2)6-9(7)3;1-4-9-6-8(3)5-7(9)2/h2*5-6H,4H2,1-3H3/q2*+1. The lowest BCUT2D eigenvalue weighted by atomic mass is 10.4. The van der Waals surface area contributed by atoms with E-state index in [1.165, 1.54) is 11.4 Å². The average Bonchev–Trinajstić information content (AvgIpc) is 2.81. The largest absolute Gasteiger partial charge is 0.243 e. The van der Waals surface area contributed by atoms with E-state index in [0.29, 0.717) is 0 Å². The molecule has 0 radical (unpaired) electrons. The highest BCUT2D eigenvalue weighted by atomic mass is 15.1. The molecule has 0 saturated heterocycles. The number of aromatic nitrogens is 4. The second-order valence-corrected chi connectivity index (χ2v) is 4.70. The van der Waals surface area contributed by atoms with Crippen LogP contribution >= 0.6 is 0 Å². The van der Waals surface area contributed by atoms with Gasteiger partial charge in [-0.15, -0.1) is 0 Å². The van der Waals surface area contributed by atoms with Crippen LogP contribution in [-0.2, 0) is 34.1 Å². The van der Waals surface area contributed by atoms with Gasteiger partial charge >= 0.3 is 0 Å². The average molecular weight is 250 g/mol. The van der Waals surface area contributed by atoms with Crippen LogP contribution in [0.4, 0.5) is 0 Å². The number of imidazole rings is 2. The van der Waals surface area contributed by atoms with Crippen molar-refractivity contribution in [2.24, 2.45) is 21.1 Å². The van der Waals surface area contributed by atoms with Gasteiger partial charge in [-0.3, -0.25) is 0 Å². The molecule has 0 aliphatic rings. The van der Waals surface area contributed by atoms with Gasteiger partial charge in [0.1, 0.15) is 23.8 Å². The summed E-state index contributed by atoms with van der Waals surface area (Å²) in [5.74, 6) is 0. The van der Waals surface area contributed by atoms with Crippen LogP contribution in [0, 0.1) is 6.92 Å². The van der Waals surface area contributed by atoms with Crippen LogP contribution in [0.5, 0.6) is 0 Å². The Morgan fingerprint density at radius 1 is 1.06 bits per heavy atom. The number of hydrogen-bond donors (Lipinski definition) is 0. The minimum atomic E-state index is 1.06. The van der Waals surface area contributed by atoms with E-state index in [1.54, 1.807) is 0 Å². The Kier molecular flexibility index (Phi) is 5.13. The summed E-state index contributed by atoms with van der Waals surface area (Å²) in [6.45, 7) is 7.48. The van der Waals surface area contributed by atoms with Crippen molar-refractivity contribution in [3.8, 4) is 0 Å². The quantitative estimate of drug-likeness (QED) is 0.709. The highest BCUT2D eigenvalue weighted by Crippen LogP contribution is 1.93. The normalized spacial score (nSPS) is 10.1. The number of aryl methyl sites for hydroxylation is 6. The fourth-order valence-electron chi connectivity index (χ4n) is 2.09. The van der Waals surface area contributed by atoms with Gasteiger partial charge in [-0.25, -0.2) is 18.3 Å². The van der Waals surface area contributed by atoms with Crippen LogP contribution in [0.2, 0.25) is 0 Å². The van der Waals surface area contributed by atoms with Crippen LogP contribution < -0.4 is 9.13 Å². The molecule has 0 bridgehead atoms. The number of nitrogens with zero attached hydrogens (tertiary/aromatic N) is 4. The molecule has 0 aromatic carbocycles. The molecule has 4 heteroatoms. The molecular weight excluding hydrogens is 224 g/mol. The van der Waals surface area contributed by atoms with Crippen molar-refractivity contribution in [2.45, 2.75) is 33.7 Å². The molecule has 0 saturated carbocycles. The SMILES string of the molecule is CCc1c[n+](C)cn1C.CCn1c[n+](C)cc1C. The topological polar surface area (TPSA) is 17.6 Å². The van der Waals surface area contributed by atoms with Crippen LogP contribution in [0.15, 0.2) is 25.0 Å². The van der Waals surface area contributed by atoms with Crippen molar-refractivity contribution in [3.63, 3.8) is 0 Å². The van der Waals surface area contributed by atoms with E-state index in [-0.39, 0.29) is 0 Å². The van der Waals surface area contributed by atoms with Gasteiger partial charge in [0, 0.05) is 13.3 Å². The molecule has 100 valence electrons. The summed E-state index contributed by atoms with van der Waals surface area (Å²) in [5, 5.41) is 0. The number of rotatable bonds is 2. The molecule has 0 fully saturated rings. The van der Waals surface area contributed by atoms with E-state index in [1.807, 2.05) is 14.1 Å². The summed E-state index contributed by atoms with van der Waals surface area (Å²) < 4.78 is 8.48. The Morgan fingerprint density at radius 3 is 1.89 bits per heavy atom. The Bertz CT molecular complexity index is 448. The third kappa shape index (κ3) is 3.72. The molecule has 0 N–H and O–H groups in total. The van der Waals surface area contributed by atoms with Crippen LogP contribution in [0.3, 0.4) is 0 Å². The zero-order valence-corrected chi connectivity index (χ0v) is 12.5. The summed E-state index contributed by atoms with van der Waals surface area (Å²) in [6.07, 6.45) is 9.52. The Labute approximate surface area is 110 Å². The molecular formula is C14H26N4+2. The fraction of sp³-hybridized carbons (Fsp3) is 0.571. The lowest BCUT2D eigenvalue weighted by Crippen LogP contribution is -2.23. The van der Waals surface area contributed by atoms with Crippen LogP contribution in [0.25, 0.3) is 0 Å². The maximum Gasteiger partial charge on any atom is 0.243 e. The van der Waals surface area contributed by atoms with Gasteiger partial charge in [0.15, 0.2) is 0 Å². The van der Waals surface area contributed by atoms with Gasteiger partial charge in [0.25, 0.3) is 0 Å². The number of hydrogen-bond acceptors (Lipinski definition) is 0. The van der Waals surface area contributed by atoms with E-state index < -0.39 is 0 Å². The molecule has 0 atom stereocenters. The van der Waals surface area contributed by atoms with E-state index in [9.17, 15) is 0 Å². The van der Waals surface area contributed by atoms with E-state index in [4.69, 9.17) is 0 Å². The van der Waals surface area contributed by atoms with Crippen molar-refractivity contribution < 1.29 is 9.13 Å². The summed E-state index contributed by atoms with van der Waals surface area (Å²) in [7, 11) is 6.15. The molecule has 18 heavy (non-hydrogen) atoms. The molecule has 0 unspecified atom stereocenters. The van der Waals surface area contributed by atoms with Gasteiger partial charge in [-0.05, 0) is 6.92 Å². The smallest absolute Gasteiger partial charge is 0.239 e. The first-order valence-corrected chi connectivity index (χ1v) is 6.50. The molecule has 2 aromatic rings. The summed E-state index contributed by atoms with van der Waals surface area (Å²) >= 11 is 0. The van der Waals surface area contributed by atoms with Crippen molar-refractivity contribution >= 4 is 0 Å². The van der Waals surface area contributed by atoms with Crippen LogP contribution in [-0.4, -0.2) is 9.13 Å². The lowest BCUT2D eigenvalue weighted by Gasteiger charge is -1.86. The first kappa shape index (κ1) is 14.5. The van der Waals surface area contributed by atoms with E-state index in [2.05, 4.69) is 71.1 Å². The Hall–Kier alpha value is -1.58. The molecule has 0 amide bonds. The van der Waals surface area contributed by atoms with Gasteiger partial charge in [0.05, 0.1) is 27.7 Å². The predicted octanol–water partition coefficient (Wildman–Crippen LogP) is 1.05. The Morgan fingerprint density at radius 2 is 1.67 bits per heavy atom. The first-order valence-electron chi connectivity index (χ1n) is 6.50.